The number of pyridine rings is 1. The maximum Gasteiger partial charge on any atom is 0.339 e. The summed E-state index contributed by atoms with van der Waals surface area (Å²) < 4.78 is 6.10. The number of rotatable bonds is 2. The highest BCUT2D eigenvalue weighted by Gasteiger charge is 2.16. The van der Waals surface area contributed by atoms with Crippen LogP contribution in [-0.2, 0) is 7.05 Å². The fourth-order valence-electron chi connectivity index (χ4n) is 1.16. The van der Waals surface area contributed by atoms with E-state index in [9.17, 15) is 9.59 Å². The molecule has 1 heterocycles. The van der Waals surface area contributed by atoms with E-state index in [0.717, 1.165) is 0 Å². The first-order chi connectivity index (χ1) is 6.49. The van der Waals surface area contributed by atoms with Crippen LogP contribution in [0.25, 0.3) is 0 Å². The summed E-state index contributed by atoms with van der Waals surface area (Å²) >= 11 is 0. The zero-order valence-electron chi connectivity index (χ0n) is 8.20. The van der Waals surface area contributed by atoms with Gasteiger partial charge >= 0.3 is 5.97 Å². The predicted molar refractivity (Wildman–Crippen MR) is 49.9 cm³/mol. The van der Waals surface area contributed by atoms with Gasteiger partial charge in [0, 0.05) is 12.7 Å². The third kappa shape index (κ3) is 1.48. The maximum absolute atomic E-state index is 11.5. The number of nitrogens with zero attached hydrogens (tertiary/aromatic N) is 1. The molecule has 1 rings (SSSR count). The number of carbonyl (C=O) groups is 1. The van der Waals surface area contributed by atoms with Crippen LogP contribution in [0.4, 0.5) is 0 Å². The third-order valence-corrected chi connectivity index (χ3v) is 2.06. The molecule has 0 saturated heterocycles. The van der Waals surface area contributed by atoms with Gasteiger partial charge in [0.2, 0.25) is 0 Å². The second-order valence-corrected chi connectivity index (χ2v) is 2.90. The Morgan fingerprint density at radius 1 is 1.57 bits per heavy atom. The lowest BCUT2D eigenvalue weighted by molar-refractivity contribution is 0.0692. The van der Waals surface area contributed by atoms with E-state index in [1.807, 2.05) is 0 Å². The minimum absolute atomic E-state index is 0.104. The summed E-state index contributed by atoms with van der Waals surface area (Å²) in [6.45, 7) is 1.66. The summed E-state index contributed by atoms with van der Waals surface area (Å²) in [6, 6.07) is 1.41. The van der Waals surface area contributed by atoms with E-state index in [-0.39, 0.29) is 11.3 Å². The molecule has 0 aliphatic rings. The Morgan fingerprint density at radius 3 is 2.57 bits per heavy atom. The number of hydrogen-bond donors (Lipinski definition) is 1. The lowest BCUT2D eigenvalue weighted by Crippen LogP contribution is -2.23. The topological polar surface area (TPSA) is 68.5 Å². The number of aromatic nitrogens is 1. The summed E-state index contributed by atoms with van der Waals surface area (Å²) in [4.78, 5) is 22.3. The second kappa shape index (κ2) is 3.53. The molecule has 0 atom stereocenters. The van der Waals surface area contributed by atoms with Gasteiger partial charge in [-0.15, -0.1) is 0 Å². The number of hydrogen-bond acceptors (Lipinski definition) is 3. The Hall–Kier alpha value is -1.78. The molecule has 1 aromatic rings. The van der Waals surface area contributed by atoms with E-state index >= 15 is 0 Å². The van der Waals surface area contributed by atoms with Gasteiger partial charge in [0.15, 0.2) is 5.75 Å². The summed E-state index contributed by atoms with van der Waals surface area (Å²) in [5.41, 5.74) is 0.0335. The molecule has 76 valence electrons. The molecule has 0 aromatic carbocycles. The molecule has 0 aliphatic heterocycles. The molecule has 14 heavy (non-hydrogen) atoms. The van der Waals surface area contributed by atoms with Gasteiger partial charge in [0.25, 0.3) is 5.56 Å². The van der Waals surface area contributed by atoms with Gasteiger partial charge in [0.05, 0.1) is 7.11 Å². The van der Waals surface area contributed by atoms with Crippen molar-refractivity contribution in [1.29, 1.82) is 0 Å². The van der Waals surface area contributed by atoms with Crippen molar-refractivity contribution in [2.75, 3.05) is 7.11 Å². The molecule has 0 radical (unpaired) electrons. The van der Waals surface area contributed by atoms with Crippen molar-refractivity contribution in [3.63, 3.8) is 0 Å². The molecule has 0 fully saturated rings. The van der Waals surface area contributed by atoms with E-state index in [4.69, 9.17) is 9.84 Å². The van der Waals surface area contributed by atoms with Gasteiger partial charge < -0.3 is 14.4 Å². The molecular formula is C9H11NO4. The van der Waals surface area contributed by atoms with Crippen molar-refractivity contribution in [1.82, 2.24) is 4.57 Å². The molecule has 5 nitrogen and oxygen atoms in total. The van der Waals surface area contributed by atoms with Crippen LogP contribution in [0.5, 0.6) is 5.75 Å². The minimum Gasteiger partial charge on any atom is -0.490 e. The van der Waals surface area contributed by atoms with E-state index in [0.29, 0.717) is 5.69 Å². The lowest BCUT2D eigenvalue weighted by Gasteiger charge is -2.08. The SMILES string of the molecule is COc1c(C(=O)O)cc(C)n(C)c1=O. The molecule has 0 unspecified atom stereocenters. The molecule has 0 spiro atoms. The molecule has 0 bridgehead atoms. The van der Waals surface area contributed by atoms with Gasteiger partial charge in [-0.25, -0.2) is 4.79 Å². The monoisotopic (exact) mass is 197 g/mol. The smallest absolute Gasteiger partial charge is 0.339 e. The highest BCUT2D eigenvalue weighted by Crippen LogP contribution is 2.13. The number of carboxylic acid groups (broad SMARTS) is 1. The Labute approximate surface area is 80.6 Å². The summed E-state index contributed by atoms with van der Waals surface area (Å²) in [6.07, 6.45) is 0. The van der Waals surface area contributed by atoms with Gasteiger partial charge in [-0.2, -0.15) is 0 Å². The van der Waals surface area contributed by atoms with Gasteiger partial charge in [-0.3, -0.25) is 4.79 Å². The van der Waals surface area contributed by atoms with E-state index < -0.39 is 11.5 Å². The van der Waals surface area contributed by atoms with Crippen molar-refractivity contribution in [2.24, 2.45) is 7.05 Å². The molecular weight excluding hydrogens is 186 g/mol. The first-order valence-electron chi connectivity index (χ1n) is 3.97. The highest BCUT2D eigenvalue weighted by atomic mass is 16.5. The Kier molecular flexibility index (Phi) is 2.60. The quantitative estimate of drug-likeness (QED) is 0.745. The van der Waals surface area contributed by atoms with Crippen molar-refractivity contribution in [3.8, 4) is 5.75 Å². The van der Waals surface area contributed by atoms with Crippen LogP contribution >= 0.6 is 0 Å². The summed E-state index contributed by atoms with van der Waals surface area (Å²) in [5.74, 6) is -1.30. The summed E-state index contributed by atoms with van der Waals surface area (Å²) in [7, 11) is 2.84. The number of ether oxygens (including phenoxy) is 1. The minimum atomic E-state index is -1.16. The predicted octanol–water partition coefficient (Wildman–Crippen LogP) is 0.401. The summed E-state index contributed by atoms with van der Waals surface area (Å²) in [5, 5.41) is 8.81. The Balaban J connectivity index is 3.60. The first kappa shape index (κ1) is 10.3. The first-order valence-corrected chi connectivity index (χ1v) is 3.97. The molecule has 0 aliphatic carbocycles. The zero-order valence-corrected chi connectivity index (χ0v) is 8.20. The fourth-order valence-corrected chi connectivity index (χ4v) is 1.16. The van der Waals surface area contributed by atoms with Crippen molar-refractivity contribution in [2.45, 2.75) is 6.92 Å². The molecule has 0 amide bonds. The number of aromatic carboxylic acids is 1. The van der Waals surface area contributed by atoms with Gasteiger partial charge in [-0.05, 0) is 13.0 Å². The van der Waals surface area contributed by atoms with Crippen LogP contribution in [0.1, 0.15) is 16.1 Å². The van der Waals surface area contributed by atoms with Crippen LogP contribution in [0.3, 0.4) is 0 Å². The lowest BCUT2D eigenvalue weighted by atomic mass is 10.2. The largest absolute Gasteiger partial charge is 0.490 e. The van der Waals surface area contributed by atoms with Crippen LogP contribution in [0.2, 0.25) is 0 Å². The van der Waals surface area contributed by atoms with Crippen LogP contribution in [0.15, 0.2) is 10.9 Å². The van der Waals surface area contributed by atoms with E-state index in [2.05, 4.69) is 0 Å². The number of methoxy groups -OCH3 is 1. The van der Waals surface area contributed by atoms with Gasteiger partial charge in [-0.1, -0.05) is 0 Å². The Morgan fingerprint density at radius 2 is 2.14 bits per heavy atom. The van der Waals surface area contributed by atoms with Crippen LogP contribution < -0.4 is 10.3 Å². The van der Waals surface area contributed by atoms with Crippen molar-refractivity contribution in [3.05, 3.63) is 27.7 Å². The standard InChI is InChI=1S/C9H11NO4/c1-5-4-6(9(12)13)7(14-3)8(11)10(5)2/h4H,1-3H3,(H,12,13). The van der Waals surface area contributed by atoms with E-state index in [1.54, 1.807) is 14.0 Å². The average molecular weight is 197 g/mol. The second-order valence-electron chi connectivity index (χ2n) is 2.90. The number of aryl methyl sites for hydroxylation is 1. The maximum atomic E-state index is 11.5. The average Bonchev–Trinajstić information content (AvgIpc) is 2.13. The normalized spacial score (nSPS) is 9.93. The zero-order chi connectivity index (χ0) is 10.9. The van der Waals surface area contributed by atoms with Crippen molar-refractivity contribution < 1.29 is 14.6 Å². The molecule has 0 saturated carbocycles. The number of carboxylic acids is 1. The molecule has 5 heteroatoms. The highest BCUT2D eigenvalue weighted by molar-refractivity contribution is 5.90. The third-order valence-electron chi connectivity index (χ3n) is 2.06. The molecule has 1 N–H and O–H groups in total. The van der Waals surface area contributed by atoms with Crippen molar-refractivity contribution >= 4 is 5.97 Å². The fraction of sp³-hybridized carbons (Fsp3) is 0.333. The van der Waals surface area contributed by atoms with Gasteiger partial charge in [0.1, 0.15) is 5.56 Å². The molecule has 1 aromatic heterocycles. The van der Waals surface area contributed by atoms with Crippen LogP contribution in [0, 0.1) is 6.92 Å². The van der Waals surface area contributed by atoms with Crippen LogP contribution in [-0.4, -0.2) is 22.8 Å². The van der Waals surface area contributed by atoms with E-state index in [1.165, 1.54) is 17.7 Å². The Bertz CT molecular complexity index is 433.